The summed E-state index contributed by atoms with van der Waals surface area (Å²) in [6.07, 6.45) is 1.04. The molecule has 0 radical (unpaired) electrons. The van der Waals surface area contributed by atoms with Gasteiger partial charge in [0.1, 0.15) is 0 Å². The number of urea groups is 1. The third-order valence-electron chi connectivity index (χ3n) is 3.79. The van der Waals surface area contributed by atoms with Crippen LogP contribution in [0, 0.1) is 12.8 Å². The molecule has 2 unspecified atom stereocenters. The first kappa shape index (κ1) is 16.0. The van der Waals surface area contributed by atoms with Gasteiger partial charge in [0.25, 0.3) is 0 Å². The number of hydrogen-bond donors (Lipinski definition) is 1. The molecule has 1 aliphatic heterocycles. The van der Waals surface area contributed by atoms with Gasteiger partial charge in [0, 0.05) is 31.0 Å². The molecular formula is C15H23N3O2S. The van der Waals surface area contributed by atoms with E-state index in [9.17, 15) is 4.79 Å². The van der Waals surface area contributed by atoms with Crippen molar-refractivity contribution in [2.45, 2.75) is 32.9 Å². The van der Waals surface area contributed by atoms with Gasteiger partial charge < -0.3 is 15.0 Å². The minimum Gasteiger partial charge on any atom is -0.374 e. The molecule has 2 rings (SSSR count). The van der Waals surface area contributed by atoms with E-state index < -0.39 is 0 Å². The van der Waals surface area contributed by atoms with E-state index in [2.05, 4.69) is 16.9 Å². The SMILES string of the molecule is C=C(C)C1OCCC1CNC(=O)N(C)Cc1scnc1C. The summed E-state index contributed by atoms with van der Waals surface area (Å²) in [5, 5.41) is 2.99. The maximum atomic E-state index is 12.1. The first-order chi connectivity index (χ1) is 9.99. The molecule has 0 aromatic carbocycles. The third-order valence-corrected chi connectivity index (χ3v) is 4.71. The lowest BCUT2D eigenvalue weighted by Crippen LogP contribution is -2.40. The fourth-order valence-corrected chi connectivity index (χ4v) is 3.34. The van der Waals surface area contributed by atoms with Crippen LogP contribution in [-0.4, -0.2) is 42.2 Å². The Labute approximate surface area is 130 Å². The fraction of sp³-hybridized carbons (Fsp3) is 0.600. The lowest BCUT2D eigenvalue weighted by atomic mass is 9.97. The van der Waals surface area contributed by atoms with E-state index in [0.29, 0.717) is 19.0 Å². The number of carbonyl (C=O) groups excluding carboxylic acids is 1. The molecule has 116 valence electrons. The summed E-state index contributed by atoms with van der Waals surface area (Å²) in [6.45, 7) is 9.86. The van der Waals surface area contributed by atoms with E-state index in [1.807, 2.05) is 19.4 Å². The van der Waals surface area contributed by atoms with Gasteiger partial charge >= 0.3 is 6.03 Å². The highest BCUT2D eigenvalue weighted by atomic mass is 32.1. The summed E-state index contributed by atoms with van der Waals surface area (Å²) >= 11 is 1.58. The summed E-state index contributed by atoms with van der Waals surface area (Å²) in [6, 6.07) is -0.0600. The first-order valence-corrected chi connectivity index (χ1v) is 8.02. The number of thiazole rings is 1. The van der Waals surface area contributed by atoms with Crippen LogP contribution in [0.4, 0.5) is 4.79 Å². The number of rotatable bonds is 5. The molecule has 0 saturated carbocycles. The minimum atomic E-state index is -0.0600. The normalized spacial score (nSPS) is 21.3. The standard InChI is InChI=1S/C15H23N3O2S/c1-10(2)14-12(5-6-20-14)7-16-15(19)18(4)8-13-11(3)17-9-21-13/h9,12,14H,1,5-8H2,2-4H3,(H,16,19). The zero-order valence-corrected chi connectivity index (χ0v) is 13.7. The molecule has 2 atom stereocenters. The van der Waals surface area contributed by atoms with Crippen LogP contribution in [0.2, 0.25) is 0 Å². The fourth-order valence-electron chi connectivity index (χ4n) is 2.51. The van der Waals surface area contributed by atoms with Crippen molar-refractivity contribution in [3.05, 3.63) is 28.2 Å². The van der Waals surface area contributed by atoms with Gasteiger partial charge in [-0.15, -0.1) is 11.3 Å². The third kappa shape index (κ3) is 4.04. The Hall–Kier alpha value is -1.40. The minimum absolute atomic E-state index is 0.0600. The Morgan fingerprint density at radius 2 is 2.43 bits per heavy atom. The average molecular weight is 309 g/mol. The van der Waals surface area contributed by atoms with Crippen LogP contribution < -0.4 is 5.32 Å². The number of aromatic nitrogens is 1. The topological polar surface area (TPSA) is 54.5 Å². The zero-order chi connectivity index (χ0) is 15.4. The molecule has 1 N–H and O–H groups in total. The van der Waals surface area contributed by atoms with E-state index >= 15 is 0 Å². The van der Waals surface area contributed by atoms with Gasteiger partial charge in [0.05, 0.1) is 23.9 Å². The van der Waals surface area contributed by atoms with Crippen LogP contribution >= 0.6 is 11.3 Å². The molecule has 1 aromatic heterocycles. The van der Waals surface area contributed by atoms with Crippen molar-refractivity contribution in [3.63, 3.8) is 0 Å². The van der Waals surface area contributed by atoms with Gasteiger partial charge in [0.15, 0.2) is 0 Å². The van der Waals surface area contributed by atoms with E-state index in [1.165, 1.54) is 0 Å². The quantitative estimate of drug-likeness (QED) is 0.851. The van der Waals surface area contributed by atoms with Crippen molar-refractivity contribution in [3.8, 4) is 0 Å². The van der Waals surface area contributed by atoms with Crippen molar-refractivity contribution in [2.24, 2.45) is 5.92 Å². The molecule has 0 aliphatic carbocycles. The molecule has 1 aliphatic rings. The molecule has 1 fully saturated rings. The highest BCUT2D eigenvalue weighted by Gasteiger charge is 2.29. The van der Waals surface area contributed by atoms with Crippen LogP contribution in [0.5, 0.6) is 0 Å². The monoisotopic (exact) mass is 309 g/mol. The van der Waals surface area contributed by atoms with Gasteiger partial charge in [-0.25, -0.2) is 9.78 Å². The molecule has 1 saturated heterocycles. The lowest BCUT2D eigenvalue weighted by Gasteiger charge is -2.22. The Balaban J connectivity index is 1.81. The molecule has 2 amide bonds. The maximum absolute atomic E-state index is 12.1. The predicted molar refractivity (Wildman–Crippen MR) is 84.4 cm³/mol. The molecule has 5 nitrogen and oxygen atoms in total. The second-order valence-corrected chi connectivity index (χ2v) is 6.53. The number of hydrogen-bond acceptors (Lipinski definition) is 4. The van der Waals surface area contributed by atoms with E-state index in [1.54, 1.807) is 23.3 Å². The molecule has 2 heterocycles. The summed E-state index contributed by atoms with van der Waals surface area (Å²) in [5.41, 5.74) is 3.83. The van der Waals surface area contributed by atoms with Crippen molar-refractivity contribution in [1.82, 2.24) is 15.2 Å². The van der Waals surface area contributed by atoms with Crippen molar-refractivity contribution >= 4 is 17.4 Å². The van der Waals surface area contributed by atoms with Gasteiger partial charge in [-0.3, -0.25) is 0 Å². The number of carbonyl (C=O) groups is 1. The Morgan fingerprint density at radius 3 is 3.05 bits per heavy atom. The summed E-state index contributed by atoms with van der Waals surface area (Å²) in [4.78, 5) is 19.2. The van der Waals surface area contributed by atoms with Gasteiger partial charge in [-0.05, 0) is 20.3 Å². The number of nitrogens with zero attached hydrogens (tertiary/aromatic N) is 2. The Morgan fingerprint density at radius 1 is 1.67 bits per heavy atom. The smallest absolute Gasteiger partial charge is 0.317 e. The summed E-state index contributed by atoms with van der Waals surface area (Å²) in [5.74, 6) is 0.324. The largest absolute Gasteiger partial charge is 0.374 e. The second-order valence-electron chi connectivity index (χ2n) is 5.59. The molecule has 0 bridgehead atoms. The highest BCUT2D eigenvalue weighted by Crippen LogP contribution is 2.25. The van der Waals surface area contributed by atoms with Gasteiger partial charge in [-0.1, -0.05) is 12.2 Å². The molecule has 1 aromatic rings. The van der Waals surface area contributed by atoms with Crippen LogP contribution in [-0.2, 0) is 11.3 Å². The van der Waals surface area contributed by atoms with Crippen molar-refractivity contribution < 1.29 is 9.53 Å². The van der Waals surface area contributed by atoms with E-state index in [4.69, 9.17) is 4.74 Å². The Kier molecular flexibility index (Phi) is 5.36. The van der Waals surface area contributed by atoms with Crippen LogP contribution in [0.1, 0.15) is 23.9 Å². The van der Waals surface area contributed by atoms with E-state index in [0.717, 1.165) is 29.2 Å². The number of aryl methyl sites for hydroxylation is 1. The predicted octanol–water partition coefficient (Wildman–Crippen LogP) is 2.57. The van der Waals surface area contributed by atoms with Crippen molar-refractivity contribution in [1.29, 1.82) is 0 Å². The van der Waals surface area contributed by atoms with Crippen LogP contribution in [0.3, 0.4) is 0 Å². The molecular weight excluding hydrogens is 286 g/mol. The van der Waals surface area contributed by atoms with Gasteiger partial charge in [-0.2, -0.15) is 0 Å². The molecule has 21 heavy (non-hydrogen) atoms. The maximum Gasteiger partial charge on any atom is 0.317 e. The van der Waals surface area contributed by atoms with E-state index in [-0.39, 0.29) is 12.1 Å². The number of amides is 2. The lowest BCUT2D eigenvalue weighted by molar-refractivity contribution is 0.118. The Bertz CT molecular complexity index is 515. The number of ether oxygens (including phenoxy) is 1. The second kappa shape index (κ2) is 7.04. The average Bonchev–Trinajstić information content (AvgIpc) is 3.05. The zero-order valence-electron chi connectivity index (χ0n) is 12.9. The number of nitrogens with one attached hydrogen (secondary N) is 1. The summed E-state index contributed by atoms with van der Waals surface area (Å²) in [7, 11) is 1.80. The van der Waals surface area contributed by atoms with Gasteiger partial charge in [0.2, 0.25) is 0 Å². The van der Waals surface area contributed by atoms with Crippen LogP contribution in [0.25, 0.3) is 0 Å². The van der Waals surface area contributed by atoms with Crippen molar-refractivity contribution in [2.75, 3.05) is 20.2 Å². The molecule has 0 spiro atoms. The molecule has 6 heteroatoms. The van der Waals surface area contributed by atoms with Crippen LogP contribution in [0.15, 0.2) is 17.7 Å². The highest BCUT2D eigenvalue weighted by molar-refractivity contribution is 7.09. The first-order valence-electron chi connectivity index (χ1n) is 7.14. The summed E-state index contributed by atoms with van der Waals surface area (Å²) < 4.78 is 5.65.